The number of benzene rings is 1. The maximum Gasteiger partial charge on any atom is 0.305 e. The van der Waals surface area contributed by atoms with Crippen molar-refractivity contribution in [2.24, 2.45) is 5.92 Å². The second-order valence-electron chi connectivity index (χ2n) is 8.53. The first kappa shape index (κ1) is 22.8. The first-order valence-electron chi connectivity index (χ1n) is 11.1. The summed E-state index contributed by atoms with van der Waals surface area (Å²) in [5, 5.41) is 0. The molecule has 3 rings (SSSR count). The normalized spacial score (nSPS) is 23.6. The van der Waals surface area contributed by atoms with Crippen LogP contribution in [0.2, 0.25) is 0 Å². The van der Waals surface area contributed by atoms with E-state index in [0.717, 1.165) is 58.8 Å². The molecule has 2 saturated heterocycles. The standard InChI is InChI=1S/C24H37N3O3/c1-25(2)22-9-6-20(7-10-22)5-4-13-26-14-12-23(27-15-17-30-18-16-27)21(19-26)8-11-24(28)29-3/h4-7,9-10,21,23H,8,11-19H2,1-3H3/b5-4+/t21-,23+/m0/s1. The lowest BCUT2D eigenvalue weighted by atomic mass is 9.86. The number of esters is 1. The predicted molar refractivity (Wildman–Crippen MR) is 122 cm³/mol. The first-order chi connectivity index (χ1) is 14.6. The zero-order valence-electron chi connectivity index (χ0n) is 18.8. The van der Waals surface area contributed by atoms with Gasteiger partial charge in [0.05, 0.1) is 20.3 Å². The van der Waals surface area contributed by atoms with Crippen LogP contribution in [-0.4, -0.2) is 89.0 Å². The summed E-state index contributed by atoms with van der Waals surface area (Å²) in [6, 6.07) is 9.16. The summed E-state index contributed by atoms with van der Waals surface area (Å²) in [5.74, 6) is 0.387. The average Bonchev–Trinajstić information content (AvgIpc) is 2.78. The minimum absolute atomic E-state index is 0.103. The number of rotatable bonds is 8. The van der Waals surface area contributed by atoms with Crippen LogP contribution < -0.4 is 4.90 Å². The second kappa shape index (κ2) is 11.5. The van der Waals surface area contributed by atoms with E-state index in [2.05, 4.69) is 65.2 Å². The highest BCUT2D eigenvalue weighted by Gasteiger charge is 2.33. The summed E-state index contributed by atoms with van der Waals surface area (Å²) < 4.78 is 10.4. The Labute approximate surface area is 181 Å². The number of ether oxygens (including phenoxy) is 2. The van der Waals surface area contributed by atoms with Crippen LogP contribution in [0, 0.1) is 5.92 Å². The highest BCUT2D eigenvalue weighted by atomic mass is 16.5. The van der Waals surface area contributed by atoms with Crippen molar-refractivity contribution in [2.45, 2.75) is 25.3 Å². The van der Waals surface area contributed by atoms with Crippen molar-refractivity contribution < 1.29 is 14.3 Å². The number of nitrogens with zero attached hydrogens (tertiary/aromatic N) is 3. The topological polar surface area (TPSA) is 45.2 Å². The van der Waals surface area contributed by atoms with Crippen LogP contribution in [0.25, 0.3) is 6.08 Å². The highest BCUT2D eigenvalue weighted by molar-refractivity contribution is 5.69. The summed E-state index contributed by atoms with van der Waals surface area (Å²) in [6.45, 7) is 6.71. The maximum absolute atomic E-state index is 11.7. The van der Waals surface area contributed by atoms with Crippen molar-refractivity contribution in [3.63, 3.8) is 0 Å². The van der Waals surface area contributed by atoms with Gasteiger partial charge in [-0.25, -0.2) is 0 Å². The van der Waals surface area contributed by atoms with E-state index in [4.69, 9.17) is 9.47 Å². The van der Waals surface area contributed by atoms with Gasteiger partial charge in [-0.1, -0.05) is 24.3 Å². The smallest absolute Gasteiger partial charge is 0.305 e. The largest absolute Gasteiger partial charge is 0.469 e. The molecule has 0 spiro atoms. The van der Waals surface area contributed by atoms with E-state index in [1.165, 1.54) is 18.4 Å². The minimum Gasteiger partial charge on any atom is -0.469 e. The van der Waals surface area contributed by atoms with Crippen LogP contribution in [0.1, 0.15) is 24.8 Å². The fraction of sp³-hybridized carbons (Fsp3) is 0.625. The number of piperidine rings is 1. The van der Waals surface area contributed by atoms with Crippen LogP contribution >= 0.6 is 0 Å². The Bertz CT molecular complexity index is 683. The molecule has 1 aromatic carbocycles. The van der Waals surface area contributed by atoms with E-state index in [-0.39, 0.29) is 5.97 Å². The Morgan fingerprint density at radius 3 is 2.60 bits per heavy atom. The molecule has 0 unspecified atom stereocenters. The van der Waals surface area contributed by atoms with E-state index in [1.54, 1.807) is 0 Å². The lowest BCUT2D eigenvalue weighted by Gasteiger charge is -2.45. The van der Waals surface area contributed by atoms with Gasteiger partial charge in [-0.3, -0.25) is 14.6 Å². The van der Waals surface area contributed by atoms with Crippen LogP contribution in [0.15, 0.2) is 30.3 Å². The third-order valence-electron chi connectivity index (χ3n) is 6.32. The summed E-state index contributed by atoms with van der Waals surface area (Å²) in [7, 11) is 5.59. The highest BCUT2D eigenvalue weighted by Crippen LogP contribution is 2.27. The molecule has 2 heterocycles. The predicted octanol–water partition coefficient (Wildman–Crippen LogP) is 2.74. The van der Waals surface area contributed by atoms with E-state index >= 15 is 0 Å². The molecule has 2 aliphatic heterocycles. The third kappa shape index (κ3) is 6.56. The van der Waals surface area contributed by atoms with Gasteiger partial charge in [-0.15, -0.1) is 0 Å². The molecule has 1 aromatic rings. The van der Waals surface area contributed by atoms with Gasteiger partial charge in [0.2, 0.25) is 0 Å². The van der Waals surface area contributed by atoms with Gasteiger partial charge in [0.25, 0.3) is 0 Å². The molecule has 30 heavy (non-hydrogen) atoms. The van der Waals surface area contributed by atoms with Crippen molar-refractivity contribution in [1.29, 1.82) is 0 Å². The van der Waals surface area contributed by atoms with E-state index in [1.807, 2.05) is 0 Å². The molecule has 0 N–H and O–H groups in total. The fourth-order valence-corrected chi connectivity index (χ4v) is 4.56. The van der Waals surface area contributed by atoms with Crippen LogP contribution in [0.3, 0.4) is 0 Å². The van der Waals surface area contributed by atoms with Gasteiger partial charge in [-0.05, 0) is 43.0 Å². The summed E-state index contributed by atoms with van der Waals surface area (Å²) in [6.07, 6.45) is 7.01. The van der Waals surface area contributed by atoms with Crippen molar-refractivity contribution >= 4 is 17.7 Å². The van der Waals surface area contributed by atoms with Crippen LogP contribution in [0.5, 0.6) is 0 Å². The number of methoxy groups -OCH3 is 1. The first-order valence-corrected chi connectivity index (χ1v) is 11.1. The summed E-state index contributed by atoms with van der Waals surface area (Å²) in [5.41, 5.74) is 2.44. The molecule has 6 nitrogen and oxygen atoms in total. The maximum atomic E-state index is 11.7. The molecule has 2 fully saturated rings. The monoisotopic (exact) mass is 415 g/mol. The quantitative estimate of drug-likeness (QED) is 0.609. The SMILES string of the molecule is COC(=O)CC[C@H]1CN(C/C=C/c2ccc(N(C)C)cc2)CC[C@H]1N1CCOCC1. The molecule has 0 aliphatic carbocycles. The van der Waals surface area contributed by atoms with Crippen molar-refractivity contribution in [2.75, 3.05) is 72.0 Å². The van der Waals surface area contributed by atoms with E-state index in [0.29, 0.717) is 18.4 Å². The lowest BCUT2D eigenvalue weighted by Crippen LogP contribution is -2.54. The number of morpholine rings is 1. The molecular formula is C24H37N3O3. The molecule has 0 aromatic heterocycles. The van der Waals surface area contributed by atoms with Gasteiger partial charge in [0, 0.05) is 58.4 Å². The second-order valence-corrected chi connectivity index (χ2v) is 8.53. The molecule has 0 bridgehead atoms. The zero-order valence-corrected chi connectivity index (χ0v) is 18.8. The molecule has 2 atom stereocenters. The lowest BCUT2D eigenvalue weighted by molar-refractivity contribution is -0.141. The number of anilines is 1. The zero-order chi connectivity index (χ0) is 21.3. The molecule has 2 aliphatic rings. The Morgan fingerprint density at radius 1 is 1.20 bits per heavy atom. The van der Waals surface area contributed by atoms with Gasteiger partial charge >= 0.3 is 5.97 Å². The Hall–Kier alpha value is -1.89. The molecule has 166 valence electrons. The molecule has 0 radical (unpaired) electrons. The number of hydrogen-bond acceptors (Lipinski definition) is 6. The molecule has 0 saturated carbocycles. The number of carbonyl (C=O) groups is 1. The van der Waals surface area contributed by atoms with Crippen molar-refractivity contribution in [3.05, 3.63) is 35.9 Å². The van der Waals surface area contributed by atoms with Crippen LogP contribution in [-0.2, 0) is 14.3 Å². The Morgan fingerprint density at radius 2 is 1.93 bits per heavy atom. The third-order valence-corrected chi connectivity index (χ3v) is 6.32. The Kier molecular flexibility index (Phi) is 8.73. The van der Waals surface area contributed by atoms with Gasteiger partial charge in [0.15, 0.2) is 0 Å². The molecule has 0 amide bonds. The van der Waals surface area contributed by atoms with E-state index in [9.17, 15) is 4.79 Å². The van der Waals surface area contributed by atoms with Gasteiger partial charge in [-0.2, -0.15) is 0 Å². The number of carbonyl (C=O) groups excluding carboxylic acids is 1. The minimum atomic E-state index is -0.103. The van der Waals surface area contributed by atoms with Gasteiger partial charge < -0.3 is 14.4 Å². The van der Waals surface area contributed by atoms with Gasteiger partial charge in [0.1, 0.15) is 0 Å². The van der Waals surface area contributed by atoms with Crippen molar-refractivity contribution in [3.8, 4) is 0 Å². The van der Waals surface area contributed by atoms with E-state index < -0.39 is 0 Å². The average molecular weight is 416 g/mol. The fourth-order valence-electron chi connectivity index (χ4n) is 4.56. The summed E-state index contributed by atoms with van der Waals surface area (Å²) >= 11 is 0. The summed E-state index contributed by atoms with van der Waals surface area (Å²) in [4.78, 5) is 18.9. The molecule has 6 heteroatoms. The number of likely N-dealkylation sites (tertiary alicyclic amines) is 1. The number of hydrogen-bond donors (Lipinski definition) is 0. The molecular weight excluding hydrogens is 378 g/mol. The van der Waals surface area contributed by atoms with Crippen molar-refractivity contribution in [1.82, 2.24) is 9.80 Å². The van der Waals surface area contributed by atoms with Crippen LogP contribution in [0.4, 0.5) is 5.69 Å². The Balaban J connectivity index is 1.56.